The van der Waals surface area contributed by atoms with Crippen molar-refractivity contribution in [2.45, 2.75) is 26.8 Å². The summed E-state index contributed by atoms with van der Waals surface area (Å²) >= 11 is 1.06. The number of aromatic hydroxyl groups is 1. The molecule has 2 heterocycles. The van der Waals surface area contributed by atoms with E-state index in [0.717, 1.165) is 34.6 Å². The van der Waals surface area contributed by atoms with Gasteiger partial charge in [0.2, 0.25) is 5.88 Å². The minimum atomic E-state index is -0.140. The quantitative estimate of drug-likeness (QED) is 0.944. The molecule has 0 unspecified atom stereocenters. The highest BCUT2D eigenvalue weighted by Crippen LogP contribution is 2.37. The van der Waals surface area contributed by atoms with Crippen LogP contribution in [0.5, 0.6) is 5.88 Å². The van der Waals surface area contributed by atoms with Crippen LogP contribution in [0.15, 0.2) is 28.0 Å². The molecule has 1 aromatic carbocycles. The first-order valence-electron chi connectivity index (χ1n) is 6.96. The van der Waals surface area contributed by atoms with Crippen LogP contribution in [0, 0.1) is 0 Å². The topological polar surface area (TPSA) is 54.6 Å². The van der Waals surface area contributed by atoms with Crippen molar-refractivity contribution in [3.05, 3.63) is 43.9 Å². The maximum Gasteiger partial charge on any atom is 0.310 e. The number of aryl methyl sites for hydroxylation is 1. The zero-order chi connectivity index (χ0) is 15.0. The minimum absolute atomic E-state index is 0.0356. The van der Waals surface area contributed by atoms with E-state index in [0.29, 0.717) is 11.4 Å². The molecular formula is C16H16N2O2S. The van der Waals surface area contributed by atoms with Crippen molar-refractivity contribution in [3.63, 3.8) is 0 Å². The average Bonchev–Trinajstić information content (AvgIpc) is 3.01. The Hall–Kier alpha value is -2.14. The summed E-state index contributed by atoms with van der Waals surface area (Å²) in [5.41, 5.74) is 4.18. The van der Waals surface area contributed by atoms with E-state index in [9.17, 15) is 9.90 Å². The third kappa shape index (κ3) is 2.23. The van der Waals surface area contributed by atoms with Gasteiger partial charge in [-0.15, -0.1) is 0 Å². The van der Waals surface area contributed by atoms with Crippen LogP contribution < -0.4 is 4.87 Å². The molecule has 0 spiro atoms. The first-order chi connectivity index (χ1) is 10.2. The van der Waals surface area contributed by atoms with E-state index in [1.165, 1.54) is 10.1 Å². The number of fused-ring (bicyclic) bond motifs is 1. The molecule has 3 rings (SSSR count). The van der Waals surface area contributed by atoms with Crippen molar-refractivity contribution >= 4 is 34.9 Å². The number of thiazole rings is 1. The second kappa shape index (κ2) is 5.33. The third-order valence-corrected chi connectivity index (χ3v) is 4.56. The van der Waals surface area contributed by atoms with Crippen molar-refractivity contribution < 1.29 is 5.11 Å². The average molecular weight is 300 g/mol. The molecule has 108 valence electrons. The molecular weight excluding hydrogens is 284 g/mol. The molecule has 0 bridgehead atoms. The molecule has 2 aromatic rings. The molecule has 21 heavy (non-hydrogen) atoms. The summed E-state index contributed by atoms with van der Waals surface area (Å²) in [6.07, 6.45) is 4.56. The summed E-state index contributed by atoms with van der Waals surface area (Å²) in [5.74, 6) is 0.0356. The number of aromatic nitrogens is 1. The van der Waals surface area contributed by atoms with Gasteiger partial charge in [0.1, 0.15) is 0 Å². The Bertz CT molecular complexity index is 812. The zero-order valence-electron chi connectivity index (χ0n) is 12.0. The van der Waals surface area contributed by atoms with Crippen LogP contribution in [0.3, 0.4) is 0 Å². The second-order valence-corrected chi connectivity index (χ2v) is 5.82. The lowest BCUT2D eigenvalue weighted by molar-refractivity contribution is 0.417. The lowest BCUT2D eigenvalue weighted by Crippen LogP contribution is -2.09. The maximum atomic E-state index is 11.8. The molecule has 4 nitrogen and oxygen atoms in total. The Balaban J connectivity index is 2.10. The number of aliphatic imine (C=N–C) groups is 1. The standard InChI is InChI=1S/C16H16N2O2S/c1-3-10-6-5-7-12-11(9-17-14(10)12)8-13-15(19)18(4-2)16(20)21-13/h5-9,19H,3-4H2,1-2H3. The van der Waals surface area contributed by atoms with Gasteiger partial charge in [-0.1, -0.05) is 36.5 Å². The molecule has 1 aromatic heterocycles. The van der Waals surface area contributed by atoms with Crippen molar-refractivity contribution in [1.29, 1.82) is 0 Å². The fraction of sp³-hybridized carbons (Fsp3) is 0.250. The Labute approximate surface area is 126 Å². The maximum absolute atomic E-state index is 11.8. The number of nitrogens with zero attached hydrogens (tertiary/aromatic N) is 2. The SMILES string of the molecule is CCc1cccc2c1N=CC2=Cc1sc(=O)n(CC)c1O. The van der Waals surface area contributed by atoms with Gasteiger partial charge in [0.05, 0.1) is 10.6 Å². The lowest BCUT2D eigenvalue weighted by atomic mass is 10.0. The van der Waals surface area contributed by atoms with Crippen LogP contribution in [0.25, 0.3) is 11.6 Å². The van der Waals surface area contributed by atoms with Gasteiger partial charge in [-0.05, 0) is 25.0 Å². The van der Waals surface area contributed by atoms with Crippen LogP contribution in [0.1, 0.15) is 29.9 Å². The van der Waals surface area contributed by atoms with E-state index >= 15 is 0 Å². The molecule has 1 aliphatic heterocycles. The van der Waals surface area contributed by atoms with E-state index < -0.39 is 0 Å². The van der Waals surface area contributed by atoms with Gasteiger partial charge in [0.15, 0.2) is 0 Å². The molecule has 0 aliphatic carbocycles. The number of allylic oxidation sites excluding steroid dienone is 1. The highest BCUT2D eigenvalue weighted by molar-refractivity contribution is 7.10. The largest absolute Gasteiger partial charge is 0.493 e. The van der Waals surface area contributed by atoms with Crippen LogP contribution in [0.2, 0.25) is 0 Å². The monoisotopic (exact) mass is 300 g/mol. The first kappa shape index (κ1) is 13.8. The number of rotatable bonds is 3. The summed E-state index contributed by atoms with van der Waals surface area (Å²) in [6.45, 7) is 4.41. The molecule has 0 atom stereocenters. The number of hydrogen-bond donors (Lipinski definition) is 1. The predicted octanol–water partition coefficient (Wildman–Crippen LogP) is 3.45. The van der Waals surface area contributed by atoms with Crippen LogP contribution in [-0.2, 0) is 13.0 Å². The number of benzene rings is 1. The summed E-state index contributed by atoms with van der Waals surface area (Å²) in [4.78, 5) is 16.7. The second-order valence-electron chi connectivity index (χ2n) is 4.82. The van der Waals surface area contributed by atoms with Gasteiger partial charge in [0.25, 0.3) is 0 Å². The van der Waals surface area contributed by atoms with E-state index in [2.05, 4.69) is 18.0 Å². The highest BCUT2D eigenvalue weighted by Gasteiger charge is 2.17. The molecule has 1 N–H and O–H groups in total. The normalized spacial score (nSPS) is 14.9. The van der Waals surface area contributed by atoms with Crippen molar-refractivity contribution in [2.24, 2.45) is 4.99 Å². The van der Waals surface area contributed by atoms with E-state index in [4.69, 9.17) is 0 Å². The minimum Gasteiger partial charge on any atom is -0.493 e. The van der Waals surface area contributed by atoms with Gasteiger partial charge >= 0.3 is 4.87 Å². The smallest absolute Gasteiger partial charge is 0.310 e. The van der Waals surface area contributed by atoms with Crippen molar-refractivity contribution in [1.82, 2.24) is 4.57 Å². The summed E-state index contributed by atoms with van der Waals surface area (Å²) < 4.78 is 1.37. The predicted molar refractivity (Wildman–Crippen MR) is 87.8 cm³/mol. The lowest BCUT2D eigenvalue weighted by Gasteiger charge is -2.04. The Morgan fingerprint density at radius 2 is 2.19 bits per heavy atom. The first-order valence-corrected chi connectivity index (χ1v) is 7.78. The third-order valence-electron chi connectivity index (χ3n) is 3.64. The van der Waals surface area contributed by atoms with Gasteiger partial charge in [-0.2, -0.15) is 0 Å². The van der Waals surface area contributed by atoms with Crippen molar-refractivity contribution in [2.75, 3.05) is 0 Å². The Morgan fingerprint density at radius 1 is 1.38 bits per heavy atom. The molecule has 0 amide bonds. The molecule has 5 heteroatoms. The Morgan fingerprint density at radius 3 is 2.86 bits per heavy atom. The van der Waals surface area contributed by atoms with Gasteiger partial charge in [-0.3, -0.25) is 14.4 Å². The fourth-order valence-corrected chi connectivity index (χ4v) is 3.41. The van der Waals surface area contributed by atoms with E-state index in [1.54, 1.807) is 6.21 Å². The molecule has 1 aliphatic rings. The van der Waals surface area contributed by atoms with E-state index in [-0.39, 0.29) is 10.8 Å². The van der Waals surface area contributed by atoms with Gasteiger partial charge in [0, 0.05) is 23.9 Å². The van der Waals surface area contributed by atoms with Crippen LogP contribution in [0.4, 0.5) is 5.69 Å². The van der Waals surface area contributed by atoms with Gasteiger partial charge < -0.3 is 5.11 Å². The summed E-state index contributed by atoms with van der Waals surface area (Å²) in [7, 11) is 0. The summed E-state index contributed by atoms with van der Waals surface area (Å²) in [5, 5.41) is 10.1. The van der Waals surface area contributed by atoms with Crippen LogP contribution in [-0.4, -0.2) is 15.9 Å². The zero-order valence-corrected chi connectivity index (χ0v) is 12.8. The number of para-hydroxylation sites is 1. The molecule has 0 saturated heterocycles. The summed E-state index contributed by atoms with van der Waals surface area (Å²) in [6, 6.07) is 6.10. The molecule has 0 fully saturated rings. The van der Waals surface area contributed by atoms with E-state index in [1.807, 2.05) is 25.1 Å². The molecule has 0 saturated carbocycles. The Kier molecular flexibility index (Phi) is 3.51. The molecule has 0 radical (unpaired) electrons. The number of hydrogen-bond acceptors (Lipinski definition) is 4. The fourth-order valence-electron chi connectivity index (χ4n) is 2.51. The van der Waals surface area contributed by atoms with Crippen molar-refractivity contribution in [3.8, 4) is 5.88 Å². The highest BCUT2D eigenvalue weighted by atomic mass is 32.1. The van der Waals surface area contributed by atoms with Crippen LogP contribution >= 0.6 is 11.3 Å². The van der Waals surface area contributed by atoms with Gasteiger partial charge in [-0.25, -0.2) is 0 Å².